The summed E-state index contributed by atoms with van der Waals surface area (Å²) in [6.07, 6.45) is 0.579. The summed E-state index contributed by atoms with van der Waals surface area (Å²) in [7, 11) is 1.25. The molecule has 1 aliphatic rings. The Bertz CT molecular complexity index is 527. The van der Waals surface area contributed by atoms with Gasteiger partial charge in [0.1, 0.15) is 17.7 Å². The number of likely N-dealkylation sites (tertiary alicyclic amines) is 1. The molecule has 108 valence electrons. The Balaban J connectivity index is 2.32. The van der Waals surface area contributed by atoms with Gasteiger partial charge < -0.3 is 9.64 Å². The van der Waals surface area contributed by atoms with Gasteiger partial charge >= 0.3 is 5.97 Å². The molecular formula is C14H15F2NO3. The molecule has 6 heteroatoms. The van der Waals surface area contributed by atoms with E-state index in [4.69, 9.17) is 0 Å². The summed E-state index contributed by atoms with van der Waals surface area (Å²) in [6, 6.07) is 1.79. The Morgan fingerprint density at radius 2 is 1.95 bits per heavy atom. The van der Waals surface area contributed by atoms with Gasteiger partial charge in [-0.1, -0.05) is 0 Å². The van der Waals surface area contributed by atoms with Crippen LogP contribution in [0.25, 0.3) is 0 Å². The number of benzene rings is 1. The largest absolute Gasteiger partial charge is 0.467 e. The van der Waals surface area contributed by atoms with Gasteiger partial charge in [-0.2, -0.15) is 0 Å². The molecule has 0 spiro atoms. The molecule has 2 rings (SSSR count). The van der Waals surface area contributed by atoms with Crippen LogP contribution in [0.1, 0.15) is 31.4 Å². The van der Waals surface area contributed by atoms with Crippen molar-refractivity contribution < 1.29 is 23.1 Å². The summed E-state index contributed by atoms with van der Waals surface area (Å²) < 4.78 is 31.2. The van der Waals surface area contributed by atoms with Crippen molar-refractivity contribution in [1.82, 2.24) is 4.90 Å². The van der Waals surface area contributed by atoms with E-state index >= 15 is 0 Å². The lowest BCUT2D eigenvalue weighted by atomic mass is 10.1. The number of nitrogens with zero attached hydrogens (tertiary/aromatic N) is 1. The number of carbonyl (C=O) groups excluding carboxylic acids is 2. The van der Waals surface area contributed by atoms with Gasteiger partial charge in [0.2, 0.25) is 5.91 Å². The van der Waals surface area contributed by atoms with Crippen LogP contribution in [0.5, 0.6) is 0 Å². The standard InChI is InChI=1S/C14H15F2NO3/c1-8(9-5-10(15)7-11(16)6-9)17-12(14(19)20-2)3-4-13(17)18/h5-8,12H,3-4H2,1-2H3. The molecule has 1 fully saturated rings. The third kappa shape index (κ3) is 2.64. The molecular weight excluding hydrogens is 268 g/mol. The zero-order chi connectivity index (χ0) is 14.9. The fraction of sp³-hybridized carbons (Fsp3) is 0.429. The summed E-state index contributed by atoms with van der Waals surface area (Å²) in [5.41, 5.74) is 0.312. The van der Waals surface area contributed by atoms with Gasteiger partial charge in [-0.05, 0) is 31.0 Å². The first-order valence-corrected chi connectivity index (χ1v) is 6.29. The first-order valence-electron chi connectivity index (χ1n) is 6.29. The van der Waals surface area contributed by atoms with Crippen LogP contribution in [-0.4, -0.2) is 29.9 Å². The summed E-state index contributed by atoms with van der Waals surface area (Å²) in [5, 5.41) is 0. The second kappa shape index (κ2) is 5.56. The van der Waals surface area contributed by atoms with E-state index in [1.165, 1.54) is 12.0 Å². The minimum Gasteiger partial charge on any atom is -0.467 e. The minimum atomic E-state index is -0.715. The Morgan fingerprint density at radius 3 is 2.50 bits per heavy atom. The van der Waals surface area contributed by atoms with E-state index in [9.17, 15) is 18.4 Å². The summed E-state index contributed by atoms with van der Waals surface area (Å²) >= 11 is 0. The fourth-order valence-electron chi connectivity index (χ4n) is 2.53. The van der Waals surface area contributed by atoms with E-state index in [1.54, 1.807) is 6.92 Å². The van der Waals surface area contributed by atoms with E-state index in [0.29, 0.717) is 12.0 Å². The predicted octanol–water partition coefficient (Wildman–Crippen LogP) is 2.19. The second-order valence-corrected chi connectivity index (χ2v) is 4.76. The lowest BCUT2D eigenvalue weighted by molar-refractivity contribution is -0.150. The maximum atomic E-state index is 13.3. The smallest absolute Gasteiger partial charge is 0.328 e. The van der Waals surface area contributed by atoms with Gasteiger partial charge in [-0.25, -0.2) is 13.6 Å². The molecule has 2 atom stereocenters. The lowest BCUT2D eigenvalue weighted by Gasteiger charge is -2.29. The highest BCUT2D eigenvalue weighted by Gasteiger charge is 2.40. The number of rotatable bonds is 3. The first kappa shape index (κ1) is 14.4. The van der Waals surface area contributed by atoms with Crippen LogP contribution in [-0.2, 0) is 14.3 Å². The number of hydrogen-bond donors (Lipinski definition) is 0. The molecule has 0 radical (unpaired) electrons. The monoisotopic (exact) mass is 283 g/mol. The summed E-state index contributed by atoms with van der Waals surface area (Å²) in [6.45, 7) is 1.63. The summed E-state index contributed by atoms with van der Waals surface area (Å²) in [4.78, 5) is 24.9. The number of hydrogen-bond acceptors (Lipinski definition) is 3. The van der Waals surface area contributed by atoms with Crippen molar-refractivity contribution in [2.75, 3.05) is 7.11 Å². The van der Waals surface area contributed by atoms with Crippen molar-refractivity contribution in [3.63, 3.8) is 0 Å². The highest BCUT2D eigenvalue weighted by Crippen LogP contribution is 2.31. The zero-order valence-corrected chi connectivity index (χ0v) is 11.2. The van der Waals surface area contributed by atoms with Crippen LogP contribution >= 0.6 is 0 Å². The predicted molar refractivity (Wildman–Crippen MR) is 66.7 cm³/mol. The van der Waals surface area contributed by atoms with E-state index in [1.807, 2.05) is 0 Å². The van der Waals surface area contributed by atoms with Gasteiger partial charge in [0.05, 0.1) is 13.2 Å². The molecule has 0 N–H and O–H groups in total. The SMILES string of the molecule is COC(=O)C1CCC(=O)N1C(C)c1cc(F)cc(F)c1. The van der Waals surface area contributed by atoms with Crippen molar-refractivity contribution in [2.24, 2.45) is 0 Å². The van der Waals surface area contributed by atoms with Gasteiger partial charge in [0.25, 0.3) is 0 Å². The van der Waals surface area contributed by atoms with Gasteiger partial charge in [0.15, 0.2) is 0 Å². The molecule has 1 amide bonds. The molecule has 0 aromatic heterocycles. The molecule has 1 aromatic rings. The number of amides is 1. The van der Waals surface area contributed by atoms with E-state index in [0.717, 1.165) is 18.2 Å². The van der Waals surface area contributed by atoms with Gasteiger partial charge in [-0.3, -0.25) is 4.79 Å². The minimum absolute atomic E-state index is 0.224. The molecule has 4 nitrogen and oxygen atoms in total. The number of halogens is 2. The maximum Gasteiger partial charge on any atom is 0.328 e. The Morgan fingerprint density at radius 1 is 1.35 bits per heavy atom. The van der Waals surface area contributed by atoms with Crippen LogP contribution in [0.4, 0.5) is 8.78 Å². The quantitative estimate of drug-likeness (QED) is 0.799. The van der Waals surface area contributed by atoms with Crippen LogP contribution in [0.15, 0.2) is 18.2 Å². The molecule has 0 aliphatic carbocycles. The van der Waals surface area contributed by atoms with Crippen molar-refractivity contribution in [2.45, 2.75) is 31.8 Å². The van der Waals surface area contributed by atoms with E-state index in [-0.39, 0.29) is 12.3 Å². The van der Waals surface area contributed by atoms with Crippen LogP contribution in [0.2, 0.25) is 0 Å². The van der Waals surface area contributed by atoms with Crippen molar-refractivity contribution in [3.8, 4) is 0 Å². The van der Waals surface area contributed by atoms with Crippen LogP contribution in [0, 0.1) is 11.6 Å². The average Bonchev–Trinajstić information content (AvgIpc) is 2.77. The molecule has 1 saturated heterocycles. The zero-order valence-electron chi connectivity index (χ0n) is 11.2. The highest BCUT2D eigenvalue weighted by atomic mass is 19.1. The summed E-state index contributed by atoms with van der Waals surface area (Å²) in [5.74, 6) is -2.17. The number of ether oxygens (including phenoxy) is 1. The van der Waals surface area contributed by atoms with E-state index in [2.05, 4.69) is 4.74 Å². The van der Waals surface area contributed by atoms with Gasteiger partial charge in [-0.15, -0.1) is 0 Å². The van der Waals surface area contributed by atoms with Crippen LogP contribution < -0.4 is 0 Å². The fourth-order valence-corrected chi connectivity index (χ4v) is 2.53. The Hall–Kier alpha value is -1.98. The normalized spacial score (nSPS) is 20.1. The van der Waals surface area contributed by atoms with Crippen molar-refractivity contribution >= 4 is 11.9 Å². The molecule has 0 bridgehead atoms. The molecule has 20 heavy (non-hydrogen) atoms. The first-order chi connectivity index (χ1) is 9.43. The average molecular weight is 283 g/mol. The third-order valence-electron chi connectivity index (χ3n) is 3.51. The van der Waals surface area contributed by atoms with Crippen molar-refractivity contribution in [1.29, 1.82) is 0 Å². The van der Waals surface area contributed by atoms with Crippen molar-refractivity contribution in [3.05, 3.63) is 35.4 Å². The van der Waals surface area contributed by atoms with Crippen LogP contribution in [0.3, 0.4) is 0 Å². The Kier molecular flexibility index (Phi) is 4.01. The lowest BCUT2D eigenvalue weighted by Crippen LogP contribution is -2.40. The third-order valence-corrected chi connectivity index (χ3v) is 3.51. The number of carbonyl (C=O) groups is 2. The molecule has 0 saturated carbocycles. The second-order valence-electron chi connectivity index (χ2n) is 4.76. The molecule has 1 aliphatic heterocycles. The molecule has 1 heterocycles. The number of esters is 1. The topological polar surface area (TPSA) is 46.6 Å². The van der Waals surface area contributed by atoms with Gasteiger partial charge in [0, 0.05) is 12.5 Å². The Labute approximate surface area is 115 Å². The number of methoxy groups -OCH3 is 1. The highest BCUT2D eigenvalue weighted by molar-refractivity contribution is 5.88. The van der Waals surface area contributed by atoms with E-state index < -0.39 is 29.7 Å². The molecule has 1 aromatic carbocycles. The molecule has 2 unspecified atom stereocenters. The maximum absolute atomic E-state index is 13.3.